The number of nitrogens with zero attached hydrogens (tertiary/aromatic N) is 3. The lowest BCUT2D eigenvalue weighted by molar-refractivity contribution is -0.136. The summed E-state index contributed by atoms with van der Waals surface area (Å²) in [5.41, 5.74) is 1.74. The van der Waals surface area contributed by atoms with Crippen LogP contribution in [0.4, 0.5) is 0 Å². The van der Waals surface area contributed by atoms with E-state index in [0.717, 1.165) is 49.4 Å². The molecule has 1 fully saturated rings. The number of carbonyl (C=O) groups is 1. The molecule has 0 aromatic carbocycles. The summed E-state index contributed by atoms with van der Waals surface area (Å²) in [5.74, 6) is 1.56. The molecular formula is C18H25N3O3. The van der Waals surface area contributed by atoms with Crippen molar-refractivity contribution in [1.82, 2.24) is 14.7 Å². The molecule has 130 valence electrons. The molecule has 2 aromatic rings. The van der Waals surface area contributed by atoms with E-state index in [9.17, 15) is 4.79 Å². The van der Waals surface area contributed by atoms with Gasteiger partial charge in [-0.15, -0.1) is 0 Å². The van der Waals surface area contributed by atoms with Crippen molar-refractivity contribution in [2.45, 2.75) is 45.6 Å². The number of furan rings is 1. The summed E-state index contributed by atoms with van der Waals surface area (Å²) in [7, 11) is 1.87. The third-order valence-electron chi connectivity index (χ3n) is 4.73. The summed E-state index contributed by atoms with van der Waals surface area (Å²) in [5, 5.41) is 4.32. The van der Waals surface area contributed by atoms with Crippen LogP contribution >= 0.6 is 0 Å². The smallest absolute Gasteiger partial charge is 0.261 e. The highest BCUT2D eigenvalue weighted by atomic mass is 16.5. The first-order chi connectivity index (χ1) is 11.6. The number of amides is 1. The molecule has 1 amide bonds. The molecule has 0 saturated carbocycles. The van der Waals surface area contributed by atoms with Crippen molar-refractivity contribution in [2.24, 2.45) is 7.05 Å². The van der Waals surface area contributed by atoms with E-state index in [-0.39, 0.29) is 18.6 Å². The van der Waals surface area contributed by atoms with Crippen molar-refractivity contribution >= 4 is 5.91 Å². The Balaban J connectivity index is 1.72. The predicted octanol–water partition coefficient (Wildman–Crippen LogP) is 3.15. The largest absolute Gasteiger partial charge is 0.480 e. The van der Waals surface area contributed by atoms with Gasteiger partial charge in [-0.25, -0.2) is 0 Å². The monoisotopic (exact) mass is 331 g/mol. The fourth-order valence-electron chi connectivity index (χ4n) is 3.36. The van der Waals surface area contributed by atoms with E-state index in [4.69, 9.17) is 9.15 Å². The highest BCUT2D eigenvalue weighted by Crippen LogP contribution is 2.30. The molecule has 0 spiro atoms. The van der Waals surface area contributed by atoms with E-state index in [1.165, 1.54) is 0 Å². The maximum absolute atomic E-state index is 12.8. The zero-order valence-electron chi connectivity index (χ0n) is 14.6. The van der Waals surface area contributed by atoms with E-state index in [0.29, 0.717) is 5.75 Å². The van der Waals surface area contributed by atoms with Gasteiger partial charge in [0.05, 0.1) is 18.0 Å². The minimum absolute atomic E-state index is 0.000882. The van der Waals surface area contributed by atoms with Crippen molar-refractivity contribution in [1.29, 1.82) is 0 Å². The molecular weight excluding hydrogens is 306 g/mol. The zero-order valence-corrected chi connectivity index (χ0v) is 14.6. The predicted molar refractivity (Wildman–Crippen MR) is 89.8 cm³/mol. The van der Waals surface area contributed by atoms with Gasteiger partial charge in [-0.1, -0.05) is 12.8 Å². The molecule has 1 saturated heterocycles. The molecule has 6 heteroatoms. The molecule has 24 heavy (non-hydrogen) atoms. The number of hydrogen-bond acceptors (Lipinski definition) is 4. The molecule has 0 N–H and O–H groups in total. The number of likely N-dealkylation sites (tertiary alicyclic amines) is 1. The minimum atomic E-state index is 0.000882. The lowest BCUT2D eigenvalue weighted by Gasteiger charge is -2.28. The van der Waals surface area contributed by atoms with Gasteiger partial charge in [-0.3, -0.25) is 9.48 Å². The summed E-state index contributed by atoms with van der Waals surface area (Å²) < 4.78 is 13.1. The van der Waals surface area contributed by atoms with Crippen LogP contribution < -0.4 is 4.74 Å². The van der Waals surface area contributed by atoms with E-state index >= 15 is 0 Å². The molecule has 0 unspecified atom stereocenters. The van der Waals surface area contributed by atoms with Crippen molar-refractivity contribution in [2.75, 3.05) is 13.2 Å². The second-order valence-electron chi connectivity index (χ2n) is 6.38. The molecule has 0 bridgehead atoms. The van der Waals surface area contributed by atoms with Crippen LogP contribution in [0.3, 0.4) is 0 Å². The molecule has 2 aromatic heterocycles. The molecule has 3 heterocycles. The Bertz CT molecular complexity index is 691. The molecule has 6 nitrogen and oxygen atoms in total. The molecule has 3 rings (SSSR count). The fraction of sp³-hybridized carbons (Fsp3) is 0.556. The van der Waals surface area contributed by atoms with Crippen LogP contribution in [0, 0.1) is 13.8 Å². The van der Waals surface area contributed by atoms with E-state index in [1.54, 1.807) is 10.9 Å². The van der Waals surface area contributed by atoms with Crippen molar-refractivity contribution in [3.05, 3.63) is 35.5 Å². The van der Waals surface area contributed by atoms with E-state index in [1.807, 2.05) is 37.9 Å². The number of ether oxygens (including phenoxy) is 1. The van der Waals surface area contributed by atoms with Gasteiger partial charge in [-0.05, 0) is 38.8 Å². The van der Waals surface area contributed by atoms with Gasteiger partial charge in [-0.2, -0.15) is 5.10 Å². The third kappa shape index (κ3) is 3.32. The first-order valence-corrected chi connectivity index (χ1v) is 8.54. The van der Waals surface area contributed by atoms with Gasteiger partial charge in [0.1, 0.15) is 11.5 Å². The summed E-state index contributed by atoms with van der Waals surface area (Å²) in [4.78, 5) is 14.7. The number of aromatic nitrogens is 2. The number of aryl methyl sites for hydroxylation is 2. The molecule has 1 atom stereocenters. The Hall–Kier alpha value is -2.24. The second-order valence-corrected chi connectivity index (χ2v) is 6.38. The van der Waals surface area contributed by atoms with Gasteiger partial charge in [0.25, 0.3) is 5.91 Å². The minimum Gasteiger partial charge on any atom is -0.480 e. The first-order valence-electron chi connectivity index (χ1n) is 8.54. The van der Waals surface area contributed by atoms with Crippen LogP contribution in [0.1, 0.15) is 48.9 Å². The van der Waals surface area contributed by atoms with Gasteiger partial charge in [0.15, 0.2) is 12.4 Å². The summed E-state index contributed by atoms with van der Waals surface area (Å²) in [6, 6.07) is 3.84. The normalized spacial score (nSPS) is 18.5. The highest BCUT2D eigenvalue weighted by Gasteiger charge is 2.29. The van der Waals surface area contributed by atoms with E-state index in [2.05, 4.69) is 5.10 Å². The van der Waals surface area contributed by atoms with Crippen LogP contribution in [0.2, 0.25) is 0 Å². The average molecular weight is 331 g/mol. The topological polar surface area (TPSA) is 60.5 Å². The van der Waals surface area contributed by atoms with Crippen LogP contribution in [-0.2, 0) is 11.8 Å². The lowest BCUT2D eigenvalue weighted by atomic mass is 10.1. The van der Waals surface area contributed by atoms with Gasteiger partial charge in [0, 0.05) is 13.6 Å². The standard InChI is InChI=1S/C18H25N3O3/c1-13-18(14(2)20(3)19-13)24-12-17(22)21-10-6-4-5-8-15(21)16-9-7-11-23-16/h7,9,11,15H,4-6,8,10,12H2,1-3H3/t15-/m1/s1. The number of rotatable bonds is 4. The molecule has 0 radical (unpaired) electrons. The molecule has 1 aliphatic rings. The van der Waals surface area contributed by atoms with Gasteiger partial charge >= 0.3 is 0 Å². The molecule has 1 aliphatic heterocycles. The van der Waals surface area contributed by atoms with Gasteiger partial charge < -0.3 is 14.1 Å². The highest BCUT2D eigenvalue weighted by molar-refractivity contribution is 5.78. The zero-order chi connectivity index (χ0) is 17.1. The number of hydrogen-bond donors (Lipinski definition) is 0. The number of carbonyl (C=O) groups excluding carboxylic acids is 1. The average Bonchev–Trinajstić information content (AvgIpc) is 3.08. The Morgan fingerprint density at radius 2 is 2.21 bits per heavy atom. The van der Waals surface area contributed by atoms with Crippen molar-refractivity contribution in [3.8, 4) is 5.75 Å². The van der Waals surface area contributed by atoms with E-state index < -0.39 is 0 Å². The Morgan fingerprint density at radius 3 is 2.88 bits per heavy atom. The van der Waals surface area contributed by atoms with Crippen LogP contribution in [0.25, 0.3) is 0 Å². The van der Waals surface area contributed by atoms with Crippen molar-refractivity contribution < 1.29 is 13.9 Å². The Kier molecular flexibility index (Phi) is 4.92. The fourth-order valence-corrected chi connectivity index (χ4v) is 3.36. The SMILES string of the molecule is Cc1nn(C)c(C)c1OCC(=O)N1CCCCC[C@@H]1c1ccco1. The van der Waals surface area contributed by atoms with Crippen LogP contribution in [0.15, 0.2) is 22.8 Å². The summed E-state index contributed by atoms with van der Waals surface area (Å²) in [6.07, 6.45) is 5.87. The summed E-state index contributed by atoms with van der Waals surface area (Å²) >= 11 is 0. The first kappa shape index (κ1) is 16.6. The lowest BCUT2D eigenvalue weighted by Crippen LogP contribution is -2.38. The second kappa shape index (κ2) is 7.11. The van der Waals surface area contributed by atoms with Crippen LogP contribution in [0.5, 0.6) is 5.75 Å². The summed E-state index contributed by atoms with van der Waals surface area (Å²) in [6.45, 7) is 4.62. The van der Waals surface area contributed by atoms with Gasteiger partial charge in [0.2, 0.25) is 0 Å². The Morgan fingerprint density at radius 1 is 1.38 bits per heavy atom. The third-order valence-corrected chi connectivity index (χ3v) is 4.73. The quantitative estimate of drug-likeness (QED) is 0.863. The maximum atomic E-state index is 12.8. The van der Waals surface area contributed by atoms with Crippen molar-refractivity contribution in [3.63, 3.8) is 0 Å². The Labute approximate surface area is 142 Å². The van der Waals surface area contributed by atoms with Crippen LogP contribution in [-0.4, -0.2) is 33.7 Å². The molecule has 0 aliphatic carbocycles. The maximum Gasteiger partial charge on any atom is 0.261 e.